The molecule has 2 N–H and O–H groups in total. The van der Waals surface area contributed by atoms with Crippen LogP contribution in [0.2, 0.25) is 0 Å². The van der Waals surface area contributed by atoms with Crippen LogP contribution in [0.5, 0.6) is 0 Å². The van der Waals surface area contributed by atoms with Crippen LogP contribution >= 0.6 is 11.8 Å². The molecule has 0 saturated heterocycles. The van der Waals surface area contributed by atoms with Crippen LogP contribution in [0.15, 0.2) is 100 Å². The van der Waals surface area contributed by atoms with E-state index in [0.717, 1.165) is 0 Å². The molecule has 1 nitrogen and oxygen atoms in total. The molecule has 0 heterocycles. The molecule has 0 atom stereocenters. The van der Waals surface area contributed by atoms with E-state index in [4.69, 9.17) is 5.73 Å². The van der Waals surface area contributed by atoms with Gasteiger partial charge in [0.1, 0.15) is 0 Å². The van der Waals surface area contributed by atoms with Crippen molar-refractivity contribution in [2.24, 2.45) is 5.73 Å². The maximum atomic E-state index is 5.92. The summed E-state index contributed by atoms with van der Waals surface area (Å²) >= 11 is 1.78. The molecule has 3 rings (SSSR count). The van der Waals surface area contributed by atoms with Gasteiger partial charge >= 0.3 is 0 Å². The second-order valence-electron chi connectivity index (χ2n) is 5.66. The molecule has 0 radical (unpaired) electrons. The van der Waals surface area contributed by atoms with Crippen molar-refractivity contribution in [1.82, 2.24) is 0 Å². The lowest BCUT2D eigenvalue weighted by Gasteiger charge is -2.13. The van der Waals surface area contributed by atoms with Crippen molar-refractivity contribution < 1.29 is 0 Å². The summed E-state index contributed by atoms with van der Waals surface area (Å²) in [6, 6.07) is 29.6. The Kier molecular flexibility index (Phi) is 5.52. The molecule has 0 saturated carbocycles. The van der Waals surface area contributed by atoms with E-state index < -0.39 is 0 Å². The van der Waals surface area contributed by atoms with E-state index in [1.54, 1.807) is 11.8 Å². The lowest BCUT2D eigenvalue weighted by atomic mass is 9.94. The van der Waals surface area contributed by atoms with Crippen molar-refractivity contribution in [2.75, 3.05) is 6.54 Å². The number of benzene rings is 3. The van der Waals surface area contributed by atoms with Gasteiger partial charge in [0.15, 0.2) is 0 Å². The number of rotatable bonds is 5. The lowest BCUT2D eigenvalue weighted by molar-refractivity contribution is 1.14. The number of nitrogens with two attached hydrogens (primary N) is 1. The van der Waals surface area contributed by atoms with Crippen molar-refractivity contribution in [3.63, 3.8) is 0 Å². The molecule has 120 valence electrons. The first-order valence-corrected chi connectivity index (χ1v) is 8.88. The summed E-state index contributed by atoms with van der Waals surface area (Å²) < 4.78 is 0. The van der Waals surface area contributed by atoms with Gasteiger partial charge in [-0.3, -0.25) is 0 Å². The third-order valence-corrected chi connectivity index (χ3v) is 4.93. The topological polar surface area (TPSA) is 26.0 Å². The fraction of sp³-hybridized carbons (Fsp3) is 0.0909. The minimum atomic E-state index is 0.560. The molecule has 3 aromatic rings. The lowest BCUT2D eigenvalue weighted by Crippen LogP contribution is -2.04. The first-order valence-electron chi connectivity index (χ1n) is 8.06. The average Bonchev–Trinajstić information content (AvgIpc) is 2.65. The van der Waals surface area contributed by atoms with Crippen molar-refractivity contribution in [3.05, 3.63) is 102 Å². The van der Waals surface area contributed by atoms with Crippen molar-refractivity contribution in [1.29, 1.82) is 0 Å². The summed E-state index contributed by atoms with van der Waals surface area (Å²) in [6.45, 7) is 2.67. The molecule has 2 heteroatoms. The molecule has 0 fully saturated rings. The minimum absolute atomic E-state index is 0.560. The van der Waals surface area contributed by atoms with Crippen molar-refractivity contribution >= 4 is 17.3 Å². The molecule has 0 unspecified atom stereocenters. The molecule has 0 aliphatic carbocycles. The molecular weight excluding hydrogens is 310 g/mol. The molecule has 24 heavy (non-hydrogen) atoms. The number of hydrogen-bond acceptors (Lipinski definition) is 2. The Labute approximate surface area is 148 Å². The van der Waals surface area contributed by atoms with Crippen LogP contribution in [-0.2, 0) is 0 Å². The van der Waals surface area contributed by atoms with Gasteiger partial charge in [-0.05, 0) is 47.9 Å². The van der Waals surface area contributed by atoms with Gasteiger partial charge in [0, 0.05) is 16.3 Å². The highest BCUT2D eigenvalue weighted by Crippen LogP contribution is 2.31. The molecule has 0 aromatic heterocycles. The van der Waals surface area contributed by atoms with Crippen LogP contribution in [0.4, 0.5) is 0 Å². The standard InChI is InChI=1S/C22H21NS/c1-17(16-23)22(18-8-4-2-5-9-18)19-12-14-21(15-13-19)24-20-10-6-3-7-11-20/h2-15H,16,23H2,1H3. The summed E-state index contributed by atoms with van der Waals surface area (Å²) in [5.41, 5.74) is 10.8. The maximum absolute atomic E-state index is 5.92. The van der Waals surface area contributed by atoms with Gasteiger partial charge in [0.25, 0.3) is 0 Å². The highest BCUT2D eigenvalue weighted by Gasteiger charge is 2.08. The predicted molar refractivity (Wildman–Crippen MR) is 104 cm³/mol. The normalized spacial score (nSPS) is 11.9. The fourth-order valence-corrected chi connectivity index (χ4v) is 3.52. The zero-order valence-corrected chi connectivity index (χ0v) is 14.6. The zero-order valence-electron chi connectivity index (χ0n) is 13.8. The highest BCUT2D eigenvalue weighted by atomic mass is 32.2. The Bertz CT molecular complexity index is 806. The van der Waals surface area contributed by atoms with Crippen LogP contribution in [0.25, 0.3) is 5.57 Å². The summed E-state index contributed by atoms with van der Waals surface area (Å²) in [5, 5.41) is 0. The van der Waals surface area contributed by atoms with Crippen LogP contribution in [0.1, 0.15) is 18.1 Å². The zero-order chi connectivity index (χ0) is 16.8. The summed E-state index contributed by atoms with van der Waals surface area (Å²) in [6.07, 6.45) is 0. The van der Waals surface area contributed by atoms with E-state index >= 15 is 0 Å². The SMILES string of the molecule is CC(CN)=C(c1ccccc1)c1ccc(Sc2ccccc2)cc1. The molecule has 3 aromatic carbocycles. The van der Waals surface area contributed by atoms with E-state index in [-0.39, 0.29) is 0 Å². The smallest absolute Gasteiger partial charge is 0.0143 e. The van der Waals surface area contributed by atoms with Gasteiger partial charge in [-0.1, -0.05) is 78.0 Å². The van der Waals surface area contributed by atoms with Gasteiger partial charge in [0.05, 0.1) is 0 Å². The second-order valence-corrected chi connectivity index (χ2v) is 6.81. The van der Waals surface area contributed by atoms with Crippen molar-refractivity contribution in [2.45, 2.75) is 16.7 Å². The summed E-state index contributed by atoms with van der Waals surface area (Å²) in [7, 11) is 0. The van der Waals surface area contributed by atoms with Crippen LogP contribution in [0, 0.1) is 0 Å². The maximum Gasteiger partial charge on any atom is 0.0143 e. The Morgan fingerprint density at radius 2 is 1.21 bits per heavy atom. The van der Waals surface area contributed by atoms with Gasteiger partial charge in [-0.25, -0.2) is 0 Å². The first kappa shape index (κ1) is 16.6. The second kappa shape index (κ2) is 8.00. The molecular formula is C22H21NS. The predicted octanol–water partition coefficient (Wildman–Crippen LogP) is 5.62. The summed E-state index contributed by atoms with van der Waals surface area (Å²) in [5.74, 6) is 0. The largest absolute Gasteiger partial charge is 0.327 e. The van der Waals surface area contributed by atoms with E-state index in [1.807, 2.05) is 12.1 Å². The minimum Gasteiger partial charge on any atom is -0.327 e. The van der Waals surface area contributed by atoms with E-state index in [1.165, 1.54) is 32.1 Å². The third-order valence-electron chi connectivity index (χ3n) is 3.92. The van der Waals surface area contributed by atoms with E-state index in [2.05, 4.69) is 79.7 Å². The monoisotopic (exact) mass is 331 g/mol. The molecule has 0 bridgehead atoms. The van der Waals surface area contributed by atoms with Gasteiger partial charge in [-0.15, -0.1) is 0 Å². The Balaban J connectivity index is 1.90. The quantitative estimate of drug-likeness (QED) is 0.657. The van der Waals surface area contributed by atoms with Crippen LogP contribution < -0.4 is 5.73 Å². The van der Waals surface area contributed by atoms with Gasteiger partial charge in [0.2, 0.25) is 0 Å². The molecule has 0 amide bonds. The number of hydrogen-bond donors (Lipinski definition) is 1. The van der Waals surface area contributed by atoms with E-state index in [9.17, 15) is 0 Å². The van der Waals surface area contributed by atoms with Gasteiger partial charge in [-0.2, -0.15) is 0 Å². The van der Waals surface area contributed by atoms with Crippen LogP contribution in [-0.4, -0.2) is 6.54 Å². The van der Waals surface area contributed by atoms with Crippen LogP contribution in [0.3, 0.4) is 0 Å². The molecule has 0 aliphatic rings. The van der Waals surface area contributed by atoms with E-state index in [0.29, 0.717) is 6.54 Å². The first-order chi connectivity index (χ1) is 11.8. The molecule has 0 spiro atoms. The van der Waals surface area contributed by atoms with Gasteiger partial charge < -0.3 is 5.73 Å². The molecule has 0 aliphatic heterocycles. The van der Waals surface area contributed by atoms with Crippen molar-refractivity contribution in [3.8, 4) is 0 Å². The summed E-state index contributed by atoms with van der Waals surface area (Å²) in [4.78, 5) is 2.49. The third kappa shape index (κ3) is 3.97. The Morgan fingerprint density at radius 1 is 0.708 bits per heavy atom. The average molecular weight is 331 g/mol. The highest BCUT2D eigenvalue weighted by molar-refractivity contribution is 7.99. The fourth-order valence-electron chi connectivity index (χ4n) is 2.68. The Hall–Kier alpha value is -2.29. The Morgan fingerprint density at radius 3 is 1.79 bits per heavy atom.